The van der Waals surface area contributed by atoms with Gasteiger partial charge in [0.25, 0.3) is 0 Å². The van der Waals surface area contributed by atoms with Crippen molar-refractivity contribution in [1.29, 1.82) is 0 Å². The van der Waals surface area contributed by atoms with Gasteiger partial charge < -0.3 is 10.0 Å². The zero-order valence-corrected chi connectivity index (χ0v) is 12.5. The largest absolute Gasteiger partial charge is 0.384 e. The molecule has 1 saturated heterocycles. The molecule has 1 atom stereocenters. The van der Waals surface area contributed by atoms with Crippen LogP contribution in [0.15, 0.2) is 11.4 Å². The van der Waals surface area contributed by atoms with Crippen LogP contribution >= 0.6 is 11.3 Å². The number of likely N-dealkylation sites (tertiary alicyclic amines) is 1. The lowest BCUT2D eigenvalue weighted by Gasteiger charge is -2.35. The minimum Gasteiger partial charge on any atom is -0.384 e. The van der Waals surface area contributed by atoms with Crippen molar-refractivity contribution in [2.24, 2.45) is 0 Å². The van der Waals surface area contributed by atoms with Gasteiger partial charge >= 0.3 is 0 Å². The monoisotopic (exact) mass is 278 g/mol. The van der Waals surface area contributed by atoms with Crippen LogP contribution in [0.25, 0.3) is 0 Å². The lowest BCUT2D eigenvalue weighted by atomic mass is 10.1. The molecule has 104 valence electrons. The quantitative estimate of drug-likeness (QED) is 0.851. The highest BCUT2D eigenvalue weighted by molar-refractivity contribution is 7.10. The number of aliphatic hydroxyl groups is 1. The number of aliphatic hydroxyl groups excluding tert-OH is 1. The third kappa shape index (κ3) is 4.32. The Bertz CT molecular complexity index is 460. The van der Waals surface area contributed by atoms with Crippen LogP contribution in [0.3, 0.4) is 0 Å². The molecule has 0 spiro atoms. The Morgan fingerprint density at radius 2 is 2.42 bits per heavy atom. The highest BCUT2D eigenvalue weighted by Crippen LogP contribution is 2.20. The molecule has 4 heteroatoms. The average molecular weight is 278 g/mol. The summed E-state index contributed by atoms with van der Waals surface area (Å²) in [5.74, 6) is 5.65. The van der Waals surface area contributed by atoms with Crippen LogP contribution in [-0.2, 0) is 6.54 Å². The summed E-state index contributed by atoms with van der Waals surface area (Å²) in [6, 6.07) is 2.80. The highest BCUT2D eigenvalue weighted by atomic mass is 32.1. The van der Waals surface area contributed by atoms with E-state index in [4.69, 9.17) is 5.11 Å². The second-order valence-electron chi connectivity index (χ2n) is 5.23. The van der Waals surface area contributed by atoms with Crippen molar-refractivity contribution < 1.29 is 5.11 Å². The molecular formula is C15H22N2OS. The summed E-state index contributed by atoms with van der Waals surface area (Å²) < 4.78 is 0. The SMILES string of the molecule is CN1CCCC(N(C)Cc2cc(C#CCO)cs2)C1. The van der Waals surface area contributed by atoms with E-state index in [9.17, 15) is 0 Å². The molecular weight excluding hydrogens is 256 g/mol. The highest BCUT2D eigenvalue weighted by Gasteiger charge is 2.21. The maximum Gasteiger partial charge on any atom is 0.104 e. The molecule has 2 heterocycles. The predicted molar refractivity (Wildman–Crippen MR) is 80.3 cm³/mol. The summed E-state index contributed by atoms with van der Waals surface area (Å²) in [5, 5.41) is 10.8. The first-order valence-electron chi connectivity index (χ1n) is 6.75. The standard InChI is InChI=1S/C15H22N2OS/c1-16-7-3-6-14(10-16)17(2)11-15-9-13(12-19-15)5-4-8-18/h9,12,14,18H,3,6-8,10-11H2,1-2H3. The number of likely N-dealkylation sites (N-methyl/N-ethyl adjacent to an activating group) is 2. The molecule has 19 heavy (non-hydrogen) atoms. The minimum atomic E-state index is -0.0699. The van der Waals surface area contributed by atoms with Crippen LogP contribution in [0, 0.1) is 11.8 Å². The normalized spacial score (nSPS) is 20.3. The fourth-order valence-electron chi connectivity index (χ4n) is 2.54. The number of hydrogen-bond donors (Lipinski definition) is 1. The Morgan fingerprint density at radius 3 is 3.16 bits per heavy atom. The number of piperidine rings is 1. The molecule has 0 bridgehead atoms. The molecule has 1 aliphatic rings. The van der Waals surface area contributed by atoms with Crippen molar-refractivity contribution in [1.82, 2.24) is 9.80 Å². The van der Waals surface area contributed by atoms with Gasteiger partial charge in [-0.2, -0.15) is 0 Å². The van der Waals surface area contributed by atoms with Gasteiger partial charge in [-0.05, 0) is 39.5 Å². The lowest BCUT2D eigenvalue weighted by molar-refractivity contribution is 0.130. The van der Waals surface area contributed by atoms with Gasteiger partial charge in [0.2, 0.25) is 0 Å². The van der Waals surface area contributed by atoms with E-state index < -0.39 is 0 Å². The number of hydrogen-bond acceptors (Lipinski definition) is 4. The molecule has 1 fully saturated rings. The zero-order valence-electron chi connectivity index (χ0n) is 11.7. The minimum absolute atomic E-state index is 0.0699. The van der Waals surface area contributed by atoms with Crippen molar-refractivity contribution >= 4 is 11.3 Å². The summed E-state index contributed by atoms with van der Waals surface area (Å²) in [4.78, 5) is 6.21. The van der Waals surface area contributed by atoms with Crippen molar-refractivity contribution in [2.45, 2.75) is 25.4 Å². The summed E-state index contributed by atoms with van der Waals surface area (Å²) in [7, 11) is 4.41. The fraction of sp³-hybridized carbons (Fsp3) is 0.600. The van der Waals surface area contributed by atoms with Crippen LogP contribution in [0.2, 0.25) is 0 Å². The Hall–Kier alpha value is -0.860. The molecule has 0 radical (unpaired) electrons. The van der Waals surface area contributed by atoms with E-state index in [1.54, 1.807) is 11.3 Å². The van der Waals surface area contributed by atoms with Crippen molar-refractivity contribution in [3.63, 3.8) is 0 Å². The molecule has 0 saturated carbocycles. The maximum absolute atomic E-state index is 8.69. The Kier molecular flexibility index (Phi) is 5.41. The van der Waals surface area contributed by atoms with Crippen LogP contribution < -0.4 is 0 Å². The summed E-state index contributed by atoms with van der Waals surface area (Å²) in [6.07, 6.45) is 2.59. The first kappa shape index (κ1) is 14.5. The van der Waals surface area contributed by atoms with Crippen molar-refractivity contribution in [3.05, 3.63) is 21.9 Å². The van der Waals surface area contributed by atoms with Crippen LogP contribution in [-0.4, -0.2) is 54.7 Å². The third-order valence-corrected chi connectivity index (χ3v) is 4.52. The van der Waals surface area contributed by atoms with Crippen LogP contribution in [0.4, 0.5) is 0 Å². The molecule has 0 aromatic carbocycles. The Morgan fingerprint density at radius 1 is 1.58 bits per heavy atom. The lowest BCUT2D eigenvalue weighted by Crippen LogP contribution is -2.44. The third-order valence-electron chi connectivity index (χ3n) is 3.59. The Labute approximate surface area is 119 Å². The first-order chi connectivity index (χ1) is 9.19. The van der Waals surface area contributed by atoms with E-state index >= 15 is 0 Å². The predicted octanol–water partition coefficient (Wildman–Crippen LogP) is 1.62. The Balaban J connectivity index is 1.91. The average Bonchev–Trinajstić information content (AvgIpc) is 2.84. The van der Waals surface area contributed by atoms with Gasteiger partial charge in [-0.15, -0.1) is 11.3 Å². The number of thiophene rings is 1. The van der Waals surface area contributed by atoms with Crippen molar-refractivity contribution in [2.75, 3.05) is 33.8 Å². The fourth-order valence-corrected chi connectivity index (χ4v) is 3.42. The smallest absolute Gasteiger partial charge is 0.104 e. The maximum atomic E-state index is 8.69. The van der Waals surface area contributed by atoms with Gasteiger partial charge in [-0.25, -0.2) is 0 Å². The number of rotatable bonds is 3. The topological polar surface area (TPSA) is 26.7 Å². The second kappa shape index (κ2) is 7.06. The molecule has 1 aliphatic heterocycles. The van der Waals surface area contributed by atoms with Gasteiger partial charge in [0, 0.05) is 35.0 Å². The zero-order chi connectivity index (χ0) is 13.7. The molecule has 3 nitrogen and oxygen atoms in total. The van der Waals surface area contributed by atoms with Gasteiger partial charge in [0.15, 0.2) is 0 Å². The summed E-state index contributed by atoms with van der Waals surface area (Å²) in [5.41, 5.74) is 1.02. The van der Waals surface area contributed by atoms with Gasteiger partial charge in [-0.1, -0.05) is 11.8 Å². The number of nitrogens with zero attached hydrogens (tertiary/aromatic N) is 2. The van der Waals surface area contributed by atoms with Gasteiger partial charge in [0.05, 0.1) is 0 Å². The molecule has 2 rings (SSSR count). The summed E-state index contributed by atoms with van der Waals surface area (Å²) >= 11 is 1.75. The molecule has 1 unspecified atom stereocenters. The van der Waals surface area contributed by atoms with E-state index in [-0.39, 0.29) is 6.61 Å². The van der Waals surface area contributed by atoms with Gasteiger partial charge in [-0.3, -0.25) is 4.90 Å². The molecule has 0 amide bonds. The van der Waals surface area contributed by atoms with E-state index in [1.807, 2.05) is 0 Å². The second-order valence-corrected chi connectivity index (χ2v) is 6.23. The molecule has 1 aromatic rings. The van der Waals surface area contributed by atoms with E-state index in [0.29, 0.717) is 6.04 Å². The molecule has 1 N–H and O–H groups in total. The molecule has 0 aliphatic carbocycles. The van der Waals surface area contributed by atoms with E-state index in [0.717, 1.165) is 12.1 Å². The summed E-state index contributed by atoms with van der Waals surface area (Å²) in [6.45, 7) is 3.31. The van der Waals surface area contributed by atoms with Crippen molar-refractivity contribution in [3.8, 4) is 11.8 Å². The van der Waals surface area contributed by atoms with Crippen LogP contribution in [0.5, 0.6) is 0 Å². The van der Waals surface area contributed by atoms with E-state index in [2.05, 4.69) is 47.2 Å². The first-order valence-corrected chi connectivity index (χ1v) is 7.63. The molecule has 1 aromatic heterocycles. The van der Waals surface area contributed by atoms with Gasteiger partial charge in [0.1, 0.15) is 6.61 Å². The van der Waals surface area contributed by atoms with Crippen LogP contribution in [0.1, 0.15) is 23.3 Å². The van der Waals surface area contributed by atoms with E-state index in [1.165, 1.54) is 30.8 Å².